The van der Waals surface area contributed by atoms with Crippen molar-refractivity contribution in [1.29, 1.82) is 0 Å². The second-order valence-electron chi connectivity index (χ2n) is 6.88. The van der Waals surface area contributed by atoms with Crippen LogP contribution in [0.3, 0.4) is 0 Å². The van der Waals surface area contributed by atoms with Gasteiger partial charge in [-0.25, -0.2) is 4.79 Å². The van der Waals surface area contributed by atoms with Crippen molar-refractivity contribution in [3.8, 4) is 5.75 Å². The van der Waals surface area contributed by atoms with E-state index in [9.17, 15) is 4.79 Å². The van der Waals surface area contributed by atoms with E-state index >= 15 is 0 Å². The van der Waals surface area contributed by atoms with Crippen LogP contribution in [0.4, 0.5) is 0 Å². The molecule has 4 nitrogen and oxygen atoms in total. The van der Waals surface area contributed by atoms with E-state index in [1.165, 1.54) is 5.56 Å². The quantitative estimate of drug-likeness (QED) is 0.368. The van der Waals surface area contributed by atoms with Crippen LogP contribution >= 0.6 is 0 Å². The summed E-state index contributed by atoms with van der Waals surface area (Å²) in [5, 5.41) is 5.88. The lowest BCUT2D eigenvalue weighted by Gasteiger charge is -2.18. The number of benzene rings is 2. The van der Waals surface area contributed by atoms with Gasteiger partial charge < -0.3 is 9.75 Å². The van der Waals surface area contributed by atoms with Gasteiger partial charge in [0.05, 0.1) is 11.8 Å². The molecule has 0 atom stereocenters. The summed E-state index contributed by atoms with van der Waals surface area (Å²) >= 11 is 0. The van der Waals surface area contributed by atoms with Crippen LogP contribution in [-0.2, 0) is 5.41 Å². The number of esters is 1. The lowest BCUT2D eigenvalue weighted by molar-refractivity contribution is 0.0734. The zero-order valence-electron chi connectivity index (χ0n) is 14.9. The first kappa shape index (κ1) is 17.7. The fraction of sp³-hybridized carbons (Fsp3) is 0.300. The van der Waals surface area contributed by atoms with Gasteiger partial charge in [-0.3, -0.25) is 0 Å². The molecule has 0 spiro atoms. The first-order valence-electron chi connectivity index (χ1n) is 7.90. The molecule has 0 aliphatic rings. The fourth-order valence-electron chi connectivity index (χ4n) is 2.08. The van der Waals surface area contributed by atoms with Crippen molar-refractivity contribution in [2.45, 2.75) is 26.2 Å². The maximum Gasteiger partial charge on any atom is 0.343 e. The first-order valence-corrected chi connectivity index (χ1v) is 7.90. The molecule has 0 N–H and O–H groups in total. The lowest BCUT2D eigenvalue weighted by atomic mass is 9.87. The minimum Gasteiger partial charge on any atom is -0.423 e. The Hall–Kier alpha value is -2.62. The van der Waals surface area contributed by atoms with Crippen LogP contribution in [0, 0.1) is 0 Å². The zero-order chi connectivity index (χ0) is 17.7. The lowest BCUT2D eigenvalue weighted by Crippen LogP contribution is -2.12. The predicted octanol–water partition coefficient (Wildman–Crippen LogP) is 4.10. The number of carbonyl (C=O) groups is 1. The summed E-state index contributed by atoms with van der Waals surface area (Å²) in [6, 6.07) is 14.8. The van der Waals surface area contributed by atoms with E-state index in [-0.39, 0.29) is 11.4 Å². The van der Waals surface area contributed by atoms with Crippen molar-refractivity contribution >= 4 is 12.2 Å². The van der Waals surface area contributed by atoms with Gasteiger partial charge in [-0.05, 0) is 52.9 Å². The molecule has 4 heteroatoms. The van der Waals surface area contributed by atoms with E-state index in [0.29, 0.717) is 11.3 Å². The summed E-state index contributed by atoms with van der Waals surface area (Å²) in [5.74, 6) is 0.159. The Morgan fingerprint density at radius 2 is 1.58 bits per heavy atom. The largest absolute Gasteiger partial charge is 0.423 e. The number of carbonyl (C=O) groups excluding carboxylic acids is 1. The molecule has 0 amide bonds. The van der Waals surface area contributed by atoms with Crippen LogP contribution in [0.25, 0.3) is 0 Å². The molecule has 0 heterocycles. The van der Waals surface area contributed by atoms with Crippen LogP contribution < -0.4 is 4.74 Å². The molecule has 0 bridgehead atoms. The molecule has 2 rings (SSSR count). The van der Waals surface area contributed by atoms with Gasteiger partial charge in [0, 0.05) is 14.1 Å². The molecule has 0 unspecified atom stereocenters. The van der Waals surface area contributed by atoms with Gasteiger partial charge in [0.1, 0.15) is 5.75 Å². The van der Waals surface area contributed by atoms with Crippen LogP contribution in [0.2, 0.25) is 0 Å². The molecule has 0 aromatic heterocycles. The number of hydrazone groups is 1. The summed E-state index contributed by atoms with van der Waals surface area (Å²) in [6.45, 7) is 6.42. The third kappa shape index (κ3) is 4.95. The average molecular weight is 324 g/mol. The highest BCUT2D eigenvalue weighted by molar-refractivity contribution is 5.91. The Morgan fingerprint density at radius 1 is 1.00 bits per heavy atom. The van der Waals surface area contributed by atoms with Crippen molar-refractivity contribution in [2.24, 2.45) is 5.10 Å². The Bertz CT molecular complexity index is 709. The number of rotatable bonds is 4. The SMILES string of the molecule is CN(C)N=Cc1ccc(OC(=O)c2ccc(C(C)(C)C)cc2)cc1. The normalized spacial score (nSPS) is 11.5. The van der Waals surface area contributed by atoms with E-state index < -0.39 is 0 Å². The van der Waals surface area contributed by atoms with Gasteiger partial charge in [0.15, 0.2) is 0 Å². The standard InChI is InChI=1S/C20H24N2O2/c1-20(2,3)17-10-8-16(9-11-17)19(23)24-18-12-6-15(7-13-18)14-21-22(4)5/h6-14H,1-5H3. The molecule has 0 saturated carbocycles. The van der Waals surface area contributed by atoms with Crippen molar-refractivity contribution in [3.05, 3.63) is 65.2 Å². The van der Waals surface area contributed by atoms with E-state index in [1.54, 1.807) is 35.5 Å². The number of hydrogen-bond donors (Lipinski definition) is 0. The van der Waals surface area contributed by atoms with Gasteiger partial charge in [-0.15, -0.1) is 0 Å². The molecule has 126 valence electrons. The molecule has 2 aromatic carbocycles. The summed E-state index contributed by atoms with van der Waals surface area (Å²) in [7, 11) is 3.72. The number of nitrogens with zero attached hydrogens (tertiary/aromatic N) is 2. The van der Waals surface area contributed by atoms with Gasteiger partial charge in [-0.2, -0.15) is 5.10 Å². The highest BCUT2D eigenvalue weighted by Gasteiger charge is 2.15. The van der Waals surface area contributed by atoms with Crippen molar-refractivity contribution in [3.63, 3.8) is 0 Å². The van der Waals surface area contributed by atoms with Gasteiger partial charge in [0.2, 0.25) is 0 Å². The Kier molecular flexibility index (Phi) is 5.39. The monoisotopic (exact) mass is 324 g/mol. The second kappa shape index (κ2) is 7.30. The molecule has 0 fully saturated rings. The first-order chi connectivity index (χ1) is 11.3. The highest BCUT2D eigenvalue weighted by atomic mass is 16.5. The van der Waals surface area contributed by atoms with Crippen molar-refractivity contribution < 1.29 is 9.53 Å². The van der Waals surface area contributed by atoms with Gasteiger partial charge >= 0.3 is 5.97 Å². The van der Waals surface area contributed by atoms with Crippen molar-refractivity contribution in [2.75, 3.05) is 14.1 Å². The van der Waals surface area contributed by atoms with E-state index in [4.69, 9.17) is 4.74 Å². The topological polar surface area (TPSA) is 41.9 Å². The third-order valence-corrected chi connectivity index (χ3v) is 3.52. The maximum atomic E-state index is 12.2. The van der Waals surface area contributed by atoms with Crippen LogP contribution in [0.5, 0.6) is 5.75 Å². The molecule has 0 aliphatic carbocycles. The van der Waals surface area contributed by atoms with E-state index in [2.05, 4.69) is 25.9 Å². The Morgan fingerprint density at radius 3 is 2.08 bits per heavy atom. The summed E-state index contributed by atoms with van der Waals surface area (Å²) in [4.78, 5) is 12.2. The van der Waals surface area contributed by atoms with Crippen LogP contribution in [0.1, 0.15) is 42.3 Å². The average Bonchev–Trinajstić information content (AvgIpc) is 2.53. The molecule has 0 aliphatic heterocycles. The minimum absolute atomic E-state index is 0.0619. The highest BCUT2D eigenvalue weighted by Crippen LogP contribution is 2.22. The molecule has 0 saturated heterocycles. The smallest absolute Gasteiger partial charge is 0.343 e. The van der Waals surface area contributed by atoms with Crippen LogP contribution in [-0.4, -0.2) is 31.3 Å². The third-order valence-electron chi connectivity index (χ3n) is 3.52. The van der Waals surface area contributed by atoms with Crippen molar-refractivity contribution in [1.82, 2.24) is 5.01 Å². The van der Waals surface area contributed by atoms with E-state index in [1.807, 2.05) is 38.4 Å². The molecular weight excluding hydrogens is 300 g/mol. The second-order valence-corrected chi connectivity index (χ2v) is 6.88. The Balaban J connectivity index is 2.04. The molecule has 0 radical (unpaired) electrons. The summed E-state index contributed by atoms with van der Waals surface area (Å²) in [5.41, 5.74) is 2.73. The molecule has 24 heavy (non-hydrogen) atoms. The summed E-state index contributed by atoms with van der Waals surface area (Å²) < 4.78 is 5.41. The Labute approximate surface area is 143 Å². The fourth-order valence-corrected chi connectivity index (χ4v) is 2.08. The number of hydrogen-bond acceptors (Lipinski definition) is 4. The van der Waals surface area contributed by atoms with Gasteiger partial charge in [0.25, 0.3) is 0 Å². The molecule has 2 aromatic rings. The number of ether oxygens (including phenoxy) is 1. The predicted molar refractivity (Wildman–Crippen MR) is 97.8 cm³/mol. The van der Waals surface area contributed by atoms with Gasteiger partial charge in [-0.1, -0.05) is 32.9 Å². The van der Waals surface area contributed by atoms with E-state index in [0.717, 1.165) is 5.56 Å². The zero-order valence-corrected chi connectivity index (χ0v) is 14.9. The summed E-state index contributed by atoms with van der Waals surface area (Å²) in [6.07, 6.45) is 1.75. The molecular formula is C20H24N2O2. The minimum atomic E-state index is -0.356. The van der Waals surface area contributed by atoms with Crippen LogP contribution in [0.15, 0.2) is 53.6 Å². The maximum absolute atomic E-state index is 12.2.